The van der Waals surface area contributed by atoms with Gasteiger partial charge in [-0.1, -0.05) is 6.42 Å². The molecule has 0 spiro atoms. The molecule has 84 valence electrons. The van der Waals surface area contributed by atoms with Crippen molar-refractivity contribution in [2.24, 2.45) is 17.8 Å². The summed E-state index contributed by atoms with van der Waals surface area (Å²) in [7, 11) is 0. The van der Waals surface area contributed by atoms with Crippen molar-refractivity contribution in [2.75, 3.05) is 0 Å². The molecule has 2 aliphatic carbocycles. The van der Waals surface area contributed by atoms with Crippen molar-refractivity contribution in [1.29, 1.82) is 0 Å². The highest BCUT2D eigenvalue weighted by Crippen LogP contribution is 2.50. The summed E-state index contributed by atoms with van der Waals surface area (Å²) in [6.45, 7) is 0. The first-order chi connectivity index (χ1) is 7.29. The minimum atomic E-state index is -0.0947. The fourth-order valence-corrected chi connectivity index (χ4v) is 3.57. The van der Waals surface area contributed by atoms with Gasteiger partial charge in [0, 0.05) is 6.42 Å². The number of unbranched alkanes of at least 4 members (excludes halogenated alkanes) is 1. The highest BCUT2D eigenvalue weighted by molar-refractivity contribution is 4.91. The number of aliphatic hydroxyl groups excluding tert-OH is 1. The molecule has 2 bridgehead atoms. The standard InChI is InChI=1S/C14H22O/c1-2-3-4-5-14(15)10-13-9-11-6-7-12(13)8-11/h1,11-15H,3-10H2. The van der Waals surface area contributed by atoms with Crippen LogP contribution in [0, 0.1) is 30.1 Å². The first-order valence-corrected chi connectivity index (χ1v) is 6.41. The lowest BCUT2D eigenvalue weighted by Crippen LogP contribution is -2.18. The molecule has 4 unspecified atom stereocenters. The number of hydrogen-bond donors (Lipinski definition) is 1. The van der Waals surface area contributed by atoms with Gasteiger partial charge in [-0.15, -0.1) is 12.3 Å². The van der Waals surface area contributed by atoms with E-state index in [0.29, 0.717) is 0 Å². The van der Waals surface area contributed by atoms with Gasteiger partial charge in [-0.05, 0) is 56.3 Å². The summed E-state index contributed by atoms with van der Waals surface area (Å²) in [5.41, 5.74) is 0. The Balaban J connectivity index is 1.66. The summed E-state index contributed by atoms with van der Waals surface area (Å²) >= 11 is 0. The van der Waals surface area contributed by atoms with Crippen molar-refractivity contribution in [2.45, 2.75) is 57.5 Å². The van der Waals surface area contributed by atoms with E-state index in [0.717, 1.165) is 43.4 Å². The third-order valence-electron chi connectivity index (χ3n) is 4.32. The maximum atomic E-state index is 9.90. The van der Waals surface area contributed by atoms with Crippen molar-refractivity contribution in [3.63, 3.8) is 0 Å². The van der Waals surface area contributed by atoms with Crippen LogP contribution in [0.3, 0.4) is 0 Å². The molecule has 2 saturated carbocycles. The van der Waals surface area contributed by atoms with E-state index in [1.165, 1.54) is 25.7 Å². The quantitative estimate of drug-likeness (QED) is 0.541. The van der Waals surface area contributed by atoms with E-state index in [1.807, 2.05) is 0 Å². The Labute approximate surface area is 93.3 Å². The molecule has 2 aliphatic rings. The summed E-state index contributed by atoms with van der Waals surface area (Å²) < 4.78 is 0. The predicted molar refractivity (Wildman–Crippen MR) is 62.2 cm³/mol. The van der Waals surface area contributed by atoms with Gasteiger partial charge in [0.25, 0.3) is 0 Å². The molecule has 1 N–H and O–H groups in total. The molecule has 4 atom stereocenters. The Morgan fingerprint density at radius 1 is 1.33 bits per heavy atom. The fourth-order valence-electron chi connectivity index (χ4n) is 3.57. The monoisotopic (exact) mass is 206 g/mol. The van der Waals surface area contributed by atoms with E-state index in [1.54, 1.807) is 0 Å². The number of rotatable bonds is 5. The molecular formula is C14H22O. The molecule has 15 heavy (non-hydrogen) atoms. The number of aliphatic hydroxyl groups is 1. The van der Waals surface area contributed by atoms with Crippen LogP contribution in [0.5, 0.6) is 0 Å². The lowest BCUT2D eigenvalue weighted by Gasteiger charge is -2.24. The third-order valence-corrected chi connectivity index (χ3v) is 4.32. The predicted octanol–water partition coefficient (Wildman–Crippen LogP) is 2.98. The summed E-state index contributed by atoms with van der Waals surface area (Å²) in [6, 6.07) is 0. The van der Waals surface area contributed by atoms with Crippen LogP contribution >= 0.6 is 0 Å². The van der Waals surface area contributed by atoms with Gasteiger partial charge in [-0.3, -0.25) is 0 Å². The highest BCUT2D eigenvalue weighted by Gasteiger charge is 2.39. The average molecular weight is 206 g/mol. The van der Waals surface area contributed by atoms with Crippen molar-refractivity contribution < 1.29 is 5.11 Å². The highest BCUT2D eigenvalue weighted by atomic mass is 16.3. The molecule has 0 aromatic rings. The molecule has 0 aromatic heterocycles. The van der Waals surface area contributed by atoms with Gasteiger partial charge in [-0.2, -0.15) is 0 Å². The van der Waals surface area contributed by atoms with Crippen LogP contribution in [-0.4, -0.2) is 11.2 Å². The Kier molecular flexibility index (Phi) is 3.70. The lowest BCUT2D eigenvalue weighted by atomic mass is 9.84. The Morgan fingerprint density at radius 3 is 2.80 bits per heavy atom. The van der Waals surface area contributed by atoms with Gasteiger partial charge in [0.2, 0.25) is 0 Å². The maximum Gasteiger partial charge on any atom is 0.0543 e. The van der Waals surface area contributed by atoms with Crippen LogP contribution in [0.15, 0.2) is 0 Å². The van der Waals surface area contributed by atoms with Gasteiger partial charge < -0.3 is 5.11 Å². The second-order valence-corrected chi connectivity index (χ2v) is 5.42. The van der Waals surface area contributed by atoms with Crippen LogP contribution in [0.1, 0.15) is 51.4 Å². The SMILES string of the molecule is C#CCCCC(O)CC1CC2CCC1C2. The van der Waals surface area contributed by atoms with E-state index < -0.39 is 0 Å². The summed E-state index contributed by atoms with van der Waals surface area (Å²) in [5, 5.41) is 9.90. The van der Waals surface area contributed by atoms with E-state index in [4.69, 9.17) is 6.42 Å². The Morgan fingerprint density at radius 2 is 2.20 bits per heavy atom. The second-order valence-electron chi connectivity index (χ2n) is 5.42. The molecule has 1 heteroatoms. The van der Waals surface area contributed by atoms with Crippen molar-refractivity contribution in [3.8, 4) is 12.3 Å². The summed E-state index contributed by atoms with van der Waals surface area (Å²) in [6.07, 6.45) is 14.5. The van der Waals surface area contributed by atoms with E-state index in [-0.39, 0.29) is 6.10 Å². The Hall–Kier alpha value is -0.480. The molecule has 0 aliphatic heterocycles. The number of terminal acetylenes is 1. The molecule has 0 heterocycles. The molecule has 2 rings (SSSR count). The largest absolute Gasteiger partial charge is 0.393 e. The van der Waals surface area contributed by atoms with Crippen molar-refractivity contribution in [1.82, 2.24) is 0 Å². The average Bonchev–Trinajstić information content (AvgIpc) is 2.79. The van der Waals surface area contributed by atoms with Gasteiger partial charge >= 0.3 is 0 Å². The zero-order valence-corrected chi connectivity index (χ0v) is 9.49. The normalized spacial score (nSPS) is 35.3. The van der Waals surface area contributed by atoms with Gasteiger partial charge in [0.1, 0.15) is 0 Å². The van der Waals surface area contributed by atoms with Gasteiger partial charge in [0.05, 0.1) is 6.10 Å². The maximum absolute atomic E-state index is 9.90. The van der Waals surface area contributed by atoms with Crippen LogP contribution in [0.25, 0.3) is 0 Å². The molecular weight excluding hydrogens is 184 g/mol. The third kappa shape index (κ3) is 2.75. The lowest BCUT2D eigenvalue weighted by molar-refractivity contribution is 0.115. The van der Waals surface area contributed by atoms with Crippen molar-refractivity contribution >= 4 is 0 Å². The van der Waals surface area contributed by atoms with Gasteiger partial charge in [0.15, 0.2) is 0 Å². The zero-order chi connectivity index (χ0) is 10.7. The second kappa shape index (κ2) is 5.03. The van der Waals surface area contributed by atoms with Gasteiger partial charge in [-0.25, -0.2) is 0 Å². The van der Waals surface area contributed by atoms with Crippen LogP contribution in [0.2, 0.25) is 0 Å². The molecule has 0 amide bonds. The molecule has 0 radical (unpaired) electrons. The van der Waals surface area contributed by atoms with Crippen molar-refractivity contribution in [3.05, 3.63) is 0 Å². The first kappa shape index (κ1) is 11.0. The van der Waals surface area contributed by atoms with E-state index in [2.05, 4.69) is 5.92 Å². The molecule has 2 fully saturated rings. The minimum absolute atomic E-state index is 0.0947. The smallest absolute Gasteiger partial charge is 0.0543 e. The van der Waals surface area contributed by atoms with E-state index >= 15 is 0 Å². The fraction of sp³-hybridized carbons (Fsp3) is 0.857. The van der Waals surface area contributed by atoms with Crippen LogP contribution in [-0.2, 0) is 0 Å². The van der Waals surface area contributed by atoms with E-state index in [9.17, 15) is 5.11 Å². The first-order valence-electron chi connectivity index (χ1n) is 6.41. The zero-order valence-electron chi connectivity index (χ0n) is 9.49. The molecule has 1 nitrogen and oxygen atoms in total. The Bertz CT molecular complexity index is 240. The molecule has 0 saturated heterocycles. The summed E-state index contributed by atoms with van der Waals surface area (Å²) in [4.78, 5) is 0. The van der Waals surface area contributed by atoms with Crippen LogP contribution in [0.4, 0.5) is 0 Å². The number of fused-ring (bicyclic) bond motifs is 2. The summed E-state index contributed by atoms with van der Waals surface area (Å²) in [5.74, 6) is 5.40. The minimum Gasteiger partial charge on any atom is -0.393 e. The van der Waals surface area contributed by atoms with Crippen LogP contribution < -0.4 is 0 Å². The number of hydrogen-bond acceptors (Lipinski definition) is 1. The topological polar surface area (TPSA) is 20.2 Å². The molecule has 0 aromatic carbocycles.